The number of aromatic nitrogens is 1. The summed E-state index contributed by atoms with van der Waals surface area (Å²) in [6.07, 6.45) is 1.74. The zero-order chi connectivity index (χ0) is 13.0. The normalized spacial score (nSPS) is 10.4. The first-order valence-corrected chi connectivity index (χ1v) is 5.80. The van der Waals surface area contributed by atoms with Crippen LogP contribution in [0, 0.1) is 5.82 Å². The number of hydrogen-bond acceptors (Lipinski definition) is 3. The molecule has 0 saturated heterocycles. The molecule has 0 amide bonds. The van der Waals surface area contributed by atoms with E-state index in [0.29, 0.717) is 12.2 Å². The van der Waals surface area contributed by atoms with Gasteiger partial charge >= 0.3 is 0 Å². The summed E-state index contributed by atoms with van der Waals surface area (Å²) < 4.78 is 13.7. The van der Waals surface area contributed by atoms with Crippen molar-refractivity contribution in [1.29, 1.82) is 0 Å². The van der Waals surface area contributed by atoms with E-state index in [4.69, 9.17) is 0 Å². The van der Waals surface area contributed by atoms with Gasteiger partial charge in [0, 0.05) is 25.5 Å². The minimum absolute atomic E-state index is 0.230. The van der Waals surface area contributed by atoms with E-state index in [1.165, 1.54) is 6.07 Å². The van der Waals surface area contributed by atoms with E-state index in [9.17, 15) is 4.39 Å². The van der Waals surface area contributed by atoms with Gasteiger partial charge in [0.05, 0.1) is 11.4 Å². The molecule has 0 bridgehead atoms. The van der Waals surface area contributed by atoms with E-state index in [2.05, 4.69) is 10.3 Å². The van der Waals surface area contributed by atoms with Crippen LogP contribution in [-0.2, 0) is 6.54 Å². The number of benzene rings is 1. The highest BCUT2D eigenvalue weighted by molar-refractivity contribution is 5.62. The lowest BCUT2D eigenvalue weighted by Gasteiger charge is -2.20. The lowest BCUT2D eigenvalue weighted by atomic mass is 10.2. The smallest absolute Gasteiger partial charge is 0.146 e. The van der Waals surface area contributed by atoms with Gasteiger partial charge < -0.3 is 10.2 Å². The van der Waals surface area contributed by atoms with Crippen LogP contribution in [0.3, 0.4) is 0 Å². The quantitative estimate of drug-likeness (QED) is 0.897. The van der Waals surface area contributed by atoms with Crippen molar-refractivity contribution in [3.8, 4) is 0 Å². The van der Waals surface area contributed by atoms with Gasteiger partial charge in [-0.25, -0.2) is 4.39 Å². The van der Waals surface area contributed by atoms with Crippen LogP contribution >= 0.6 is 0 Å². The summed E-state index contributed by atoms with van der Waals surface area (Å²) in [6, 6.07) is 10.5. The molecule has 0 unspecified atom stereocenters. The maximum absolute atomic E-state index is 13.7. The zero-order valence-corrected chi connectivity index (χ0v) is 10.5. The van der Waals surface area contributed by atoms with E-state index in [1.807, 2.05) is 37.2 Å². The molecule has 94 valence electrons. The molecule has 0 aliphatic carbocycles. The Balaban J connectivity index is 2.31. The van der Waals surface area contributed by atoms with Gasteiger partial charge in [-0.15, -0.1) is 0 Å². The number of halogens is 1. The first-order valence-electron chi connectivity index (χ1n) is 5.80. The van der Waals surface area contributed by atoms with Crippen molar-refractivity contribution >= 4 is 11.4 Å². The SMILES string of the molecule is CNCc1cc(N(C)c2ccccc2F)ccn1. The van der Waals surface area contributed by atoms with Gasteiger partial charge in [-0.1, -0.05) is 12.1 Å². The van der Waals surface area contributed by atoms with Crippen molar-refractivity contribution in [3.05, 3.63) is 54.1 Å². The molecule has 1 heterocycles. The summed E-state index contributed by atoms with van der Waals surface area (Å²) >= 11 is 0. The van der Waals surface area contributed by atoms with E-state index in [1.54, 1.807) is 18.3 Å². The standard InChI is InChI=1S/C14H16FN3/c1-16-10-11-9-12(7-8-17-11)18(2)14-6-4-3-5-13(14)15/h3-9,16H,10H2,1-2H3. The Morgan fingerprint density at radius 1 is 1.28 bits per heavy atom. The van der Waals surface area contributed by atoms with Crippen LogP contribution in [0.15, 0.2) is 42.6 Å². The molecule has 0 atom stereocenters. The summed E-state index contributed by atoms with van der Waals surface area (Å²) in [6.45, 7) is 0.693. The number of nitrogens with one attached hydrogen (secondary N) is 1. The number of anilines is 2. The molecule has 0 saturated carbocycles. The van der Waals surface area contributed by atoms with E-state index < -0.39 is 0 Å². The third kappa shape index (κ3) is 2.65. The summed E-state index contributed by atoms with van der Waals surface area (Å²) in [5, 5.41) is 3.05. The average molecular weight is 245 g/mol. The van der Waals surface area contributed by atoms with Crippen LogP contribution in [0.5, 0.6) is 0 Å². The third-order valence-electron chi connectivity index (χ3n) is 2.76. The highest BCUT2D eigenvalue weighted by Gasteiger charge is 2.09. The van der Waals surface area contributed by atoms with Crippen LogP contribution in [-0.4, -0.2) is 19.1 Å². The fraction of sp³-hybridized carbons (Fsp3) is 0.214. The monoisotopic (exact) mass is 245 g/mol. The number of rotatable bonds is 4. The molecule has 1 aromatic heterocycles. The fourth-order valence-corrected chi connectivity index (χ4v) is 1.81. The molecule has 1 N–H and O–H groups in total. The second-order valence-corrected chi connectivity index (χ2v) is 4.05. The topological polar surface area (TPSA) is 28.2 Å². The van der Waals surface area contributed by atoms with Gasteiger partial charge in [0.25, 0.3) is 0 Å². The van der Waals surface area contributed by atoms with Crippen molar-refractivity contribution in [3.63, 3.8) is 0 Å². The Morgan fingerprint density at radius 2 is 2.06 bits per heavy atom. The molecule has 18 heavy (non-hydrogen) atoms. The highest BCUT2D eigenvalue weighted by atomic mass is 19.1. The Kier molecular flexibility index (Phi) is 3.89. The van der Waals surface area contributed by atoms with Crippen LogP contribution < -0.4 is 10.2 Å². The average Bonchev–Trinajstić information content (AvgIpc) is 2.39. The predicted octanol–water partition coefficient (Wildman–Crippen LogP) is 2.71. The molecule has 0 aliphatic rings. The van der Waals surface area contributed by atoms with Crippen molar-refractivity contribution in [2.75, 3.05) is 19.0 Å². The van der Waals surface area contributed by atoms with Gasteiger partial charge in [-0.05, 0) is 31.3 Å². The van der Waals surface area contributed by atoms with Gasteiger partial charge in [0.15, 0.2) is 0 Å². The highest BCUT2D eigenvalue weighted by Crippen LogP contribution is 2.25. The van der Waals surface area contributed by atoms with Crippen molar-refractivity contribution in [2.45, 2.75) is 6.54 Å². The van der Waals surface area contributed by atoms with Crippen LogP contribution in [0.4, 0.5) is 15.8 Å². The maximum Gasteiger partial charge on any atom is 0.146 e. The molecule has 0 spiro atoms. The number of para-hydroxylation sites is 1. The van der Waals surface area contributed by atoms with Crippen LogP contribution in [0.2, 0.25) is 0 Å². The first-order chi connectivity index (χ1) is 8.72. The largest absolute Gasteiger partial charge is 0.342 e. The third-order valence-corrected chi connectivity index (χ3v) is 2.76. The molecule has 4 heteroatoms. The number of hydrogen-bond donors (Lipinski definition) is 1. The van der Waals surface area contributed by atoms with Gasteiger partial charge in [0.2, 0.25) is 0 Å². The van der Waals surface area contributed by atoms with Crippen molar-refractivity contribution < 1.29 is 4.39 Å². The van der Waals surface area contributed by atoms with Gasteiger partial charge in [-0.2, -0.15) is 0 Å². The number of nitrogens with zero attached hydrogens (tertiary/aromatic N) is 2. The van der Waals surface area contributed by atoms with Crippen molar-refractivity contribution in [1.82, 2.24) is 10.3 Å². The minimum Gasteiger partial charge on any atom is -0.342 e. The lowest BCUT2D eigenvalue weighted by Crippen LogP contribution is -2.13. The number of pyridine rings is 1. The Labute approximate surface area is 106 Å². The molecule has 0 fully saturated rings. The molecule has 0 radical (unpaired) electrons. The first kappa shape index (κ1) is 12.5. The summed E-state index contributed by atoms with van der Waals surface area (Å²) in [4.78, 5) is 6.06. The summed E-state index contributed by atoms with van der Waals surface area (Å²) in [5.41, 5.74) is 2.40. The molecular weight excluding hydrogens is 229 g/mol. The maximum atomic E-state index is 13.7. The van der Waals surface area contributed by atoms with Gasteiger partial charge in [-0.3, -0.25) is 4.98 Å². The summed E-state index contributed by atoms with van der Waals surface area (Å²) in [5.74, 6) is -0.230. The second-order valence-electron chi connectivity index (χ2n) is 4.05. The van der Waals surface area contributed by atoms with Crippen LogP contribution in [0.1, 0.15) is 5.69 Å². The summed E-state index contributed by atoms with van der Waals surface area (Å²) in [7, 11) is 3.71. The Bertz CT molecular complexity index is 528. The van der Waals surface area contributed by atoms with E-state index >= 15 is 0 Å². The zero-order valence-electron chi connectivity index (χ0n) is 10.5. The van der Waals surface area contributed by atoms with E-state index in [0.717, 1.165) is 11.4 Å². The molecular formula is C14H16FN3. The van der Waals surface area contributed by atoms with Crippen LogP contribution in [0.25, 0.3) is 0 Å². The Morgan fingerprint density at radius 3 is 2.78 bits per heavy atom. The minimum atomic E-state index is -0.230. The second kappa shape index (κ2) is 5.60. The molecule has 2 rings (SSSR count). The van der Waals surface area contributed by atoms with E-state index in [-0.39, 0.29) is 5.82 Å². The van der Waals surface area contributed by atoms with Crippen molar-refractivity contribution in [2.24, 2.45) is 0 Å². The molecule has 1 aromatic carbocycles. The molecule has 3 nitrogen and oxygen atoms in total. The lowest BCUT2D eigenvalue weighted by molar-refractivity contribution is 0.627. The van der Waals surface area contributed by atoms with Gasteiger partial charge in [0.1, 0.15) is 5.82 Å². The predicted molar refractivity (Wildman–Crippen MR) is 71.5 cm³/mol. The molecule has 0 aliphatic heterocycles. The molecule has 2 aromatic rings. The fourth-order valence-electron chi connectivity index (χ4n) is 1.81. The Hall–Kier alpha value is -1.94.